The number of benzene rings is 12. The van der Waals surface area contributed by atoms with Crippen molar-refractivity contribution in [2.24, 2.45) is 0 Å². The minimum absolute atomic E-state index is 1.23. The number of hydrogen-bond acceptors (Lipinski definition) is 0. The molecule has 12 aromatic rings. The molecule has 0 radical (unpaired) electrons. The van der Waals surface area contributed by atoms with Crippen molar-refractivity contribution in [1.29, 1.82) is 0 Å². The molecule has 0 N–H and O–H groups in total. The van der Waals surface area contributed by atoms with Gasteiger partial charge in [0.2, 0.25) is 0 Å². The van der Waals surface area contributed by atoms with Gasteiger partial charge < -0.3 is 0 Å². The Morgan fingerprint density at radius 3 is 0.911 bits per heavy atom. The van der Waals surface area contributed by atoms with Crippen molar-refractivity contribution in [3.63, 3.8) is 0 Å². The summed E-state index contributed by atoms with van der Waals surface area (Å²) in [4.78, 5) is 0. The Balaban J connectivity index is 0.940. The smallest absolute Gasteiger partial charge is 0.00203 e. The van der Waals surface area contributed by atoms with Crippen LogP contribution < -0.4 is 0 Å². The van der Waals surface area contributed by atoms with Gasteiger partial charge in [0.05, 0.1) is 0 Å². The van der Waals surface area contributed by atoms with E-state index in [4.69, 9.17) is 0 Å². The van der Waals surface area contributed by atoms with Crippen molar-refractivity contribution >= 4 is 75.4 Å². The summed E-state index contributed by atoms with van der Waals surface area (Å²) in [6.07, 6.45) is 0. The molecule has 12 aromatic carbocycles. The summed E-state index contributed by atoms with van der Waals surface area (Å²) in [7, 11) is 0. The molecule has 12 rings (SSSR count). The predicted octanol–water partition coefficient (Wildman–Crippen LogP) is 15.9. The van der Waals surface area contributed by atoms with Gasteiger partial charge in [0, 0.05) is 0 Å². The van der Waals surface area contributed by atoms with Crippen LogP contribution in [-0.4, -0.2) is 0 Å². The molecule has 0 saturated heterocycles. The van der Waals surface area contributed by atoms with E-state index in [2.05, 4.69) is 206 Å². The van der Waals surface area contributed by atoms with Crippen LogP contribution in [0.4, 0.5) is 0 Å². The van der Waals surface area contributed by atoms with Crippen molar-refractivity contribution in [2.45, 2.75) is 0 Å². The Morgan fingerprint density at radius 1 is 0.161 bits per heavy atom. The summed E-state index contributed by atoms with van der Waals surface area (Å²) < 4.78 is 0. The minimum atomic E-state index is 1.23. The highest BCUT2D eigenvalue weighted by molar-refractivity contribution is 6.27. The summed E-state index contributed by atoms with van der Waals surface area (Å²) >= 11 is 0. The Hall–Kier alpha value is -7.28. The molecule has 0 heteroatoms. The van der Waals surface area contributed by atoms with E-state index in [9.17, 15) is 0 Å². The van der Waals surface area contributed by atoms with E-state index in [0.717, 1.165) is 0 Å². The fraction of sp³-hybridized carbons (Fsp3) is 0. The van der Waals surface area contributed by atoms with Gasteiger partial charge in [0.15, 0.2) is 0 Å². The molecule has 0 spiro atoms. The highest BCUT2D eigenvalue weighted by Gasteiger charge is 2.16. The lowest BCUT2D eigenvalue weighted by Gasteiger charge is -2.17. The molecule has 258 valence electrons. The van der Waals surface area contributed by atoms with Crippen LogP contribution >= 0.6 is 0 Å². The molecule has 56 heavy (non-hydrogen) atoms. The average Bonchev–Trinajstić information content (AvgIpc) is 3.27. The summed E-state index contributed by atoms with van der Waals surface area (Å²) in [5.74, 6) is 0. The van der Waals surface area contributed by atoms with Crippen LogP contribution in [0.3, 0.4) is 0 Å². The highest BCUT2D eigenvalue weighted by Crippen LogP contribution is 2.43. The maximum absolute atomic E-state index is 2.32. The molecule has 0 aliphatic carbocycles. The zero-order valence-electron chi connectivity index (χ0n) is 30.6. The summed E-state index contributed by atoms with van der Waals surface area (Å²) in [5, 5.41) is 18.1. The van der Waals surface area contributed by atoms with Gasteiger partial charge in [-0.05, 0) is 120 Å². The average molecular weight is 707 g/mol. The molecular weight excluding hydrogens is 673 g/mol. The Morgan fingerprint density at radius 2 is 0.482 bits per heavy atom. The van der Waals surface area contributed by atoms with Crippen LogP contribution in [-0.2, 0) is 0 Å². The first-order valence-electron chi connectivity index (χ1n) is 19.5. The van der Waals surface area contributed by atoms with Crippen LogP contribution in [0.5, 0.6) is 0 Å². The van der Waals surface area contributed by atoms with E-state index in [1.807, 2.05) is 0 Å². The maximum Gasteiger partial charge on any atom is -0.00203 e. The molecule has 0 unspecified atom stereocenters. The van der Waals surface area contributed by atoms with Gasteiger partial charge in [0.1, 0.15) is 0 Å². The molecule has 0 saturated carbocycles. The SMILES string of the molecule is c1ccc2c(c1)ccc1c(-c3ccc(-c4ccc5ccc6c(-c7ccc(-c8cccc9c8ccc8ccccc89)cc7)ccc7ccc4c5c76)cc3)cccc12. The standard InChI is InChI=1S/C56H34/c1-3-9-43-35(7-1)23-31-51-45(11-5-13-49(43)51)37-15-19-39(20-16-37)47-29-25-41-28-34-54-48(30-26-42-27-33-53(47)55(41)56(42)54)40-21-17-38(18-22-40)46-12-6-14-50-44-10-4-2-8-36(44)24-32-52(46)50/h1-34H. The number of fused-ring (bicyclic) bond motifs is 6. The molecule has 0 aliphatic heterocycles. The minimum Gasteiger partial charge on any atom is -0.0616 e. The first kappa shape index (κ1) is 31.1. The summed E-state index contributed by atoms with van der Waals surface area (Å²) in [6, 6.07) is 76.6. The highest BCUT2D eigenvalue weighted by atomic mass is 14.2. The zero-order valence-corrected chi connectivity index (χ0v) is 30.6. The predicted molar refractivity (Wildman–Crippen MR) is 242 cm³/mol. The first-order valence-corrected chi connectivity index (χ1v) is 19.5. The molecule has 0 bridgehead atoms. The second-order valence-corrected chi connectivity index (χ2v) is 15.2. The van der Waals surface area contributed by atoms with Crippen molar-refractivity contribution < 1.29 is 0 Å². The van der Waals surface area contributed by atoms with E-state index in [1.54, 1.807) is 0 Å². The first-order chi connectivity index (χ1) is 27.8. The van der Waals surface area contributed by atoms with Gasteiger partial charge >= 0.3 is 0 Å². The second kappa shape index (κ2) is 12.1. The molecule has 0 atom stereocenters. The molecule has 0 aromatic heterocycles. The Bertz CT molecular complexity index is 3260. The Kier molecular flexibility index (Phi) is 6.73. The monoisotopic (exact) mass is 706 g/mol. The van der Waals surface area contributed by atoms with Crippen LogP contribution in [0.2, 0.25) is 0 Å². The molecule has 0 nitrogen and oxygen atoms in total. The van der Waals surface area contributed by atoms with Gasteiger partial charge in [0.25, 0.3) is 0 Å². The van der Waals surface area contributed by atoms with Gasteiger partial charge in [-0.15, -0.1) is 0 Å². The summed E-state index contributed by atoms with van der Waals surface area (Å²) in [5.41, 5.74) is 9.99. The zero-order chi connectivity index (χ0) is 36.7. The van der Waals surface area contributed by atoms with E-state index in [-0.39, 0.29) is 0 Å². The number of hydrogen-bond donors (Lipinski definition) is 0. The lowest BCUT2D eigenvalue weighted by atomic mass is 9.86. The third kappa shape index (κ3) is 4.66. The van der Waals surface area contributed by atoms with Gasteiger partial charge in [-0.25, -0.2) is 0 Å². The second-order valence-electron chi connectivity index (χ2n) is 15.2. The van der Waals surface area contributed by atoms with Gasteiger partial charge in [-0.1, -0.05) is 206 Å². The van der Waals surface area contributed by atoms with Crippen molar-refractivity contribution in [1.82, 2.24) is 0 Å². The lowest BCUT2D eigenvalue weighted by molar-refractivity contribution is 1.63. The third-order valence-corrected chi connectivity index (χ3v) is 12.3. The van der Waals surface area contributed by atoms with E-state index >= 15 is 0 Å². The van der Waals surface area contributed by atoms with Crippen molar-refractivity contribution in [3.8, 4) is 44.5 Å². The largest absolute Gasteiger partial charge is 0.0616 e. The topological polar surface area (TPSA) is 0 Å². The lowest BCUT2D eigenvalue weighted by Crippen LogP contribution is -1.90. The fourth-order valence-electron chi connectivity index (χ4n) is 9.55. The van der Waals surface area contributed by atoms with Crippen LogP contribution in [0.1, 0.15) is 0 Å². The van der Waals surface area contributed by atoms with E-state index < -0.39 is 0 Å². The van der Waals surface area contributed by atoms with E-state index in [1.165, 1.54) is 120 Å². The van der Waals surface area contributed by atoms with Gasteiger partial charge in [-0.2, -0.15) is 0 Å². The normalized spacial score (nSPS) is 11.9. The molecular formula is C56H34. The number of rotatable bonds is 4. The van der Waals surface area contributed by atoms with Crippen molar-refractivity contribution in [2.75, 3.05) is 0 Å². The third-order valence-electron chi connectivity index (χ3n) is 12.3. The Labute approximate surface area is 324 Å². The van der Waals surface area contributed by atoms with Crippen LogP contribution in [0, 0.1) is 0 Å². The molecule has 0 heterocycles. The maximum atomic E-state index is 2.32. The van der Waals surface area contributed by atoms with Crippen molar-refractivity contribution in [3.05, 3.63) is 206 Å². The molecule has 0 fully saturated rings. The quantitative estimate of drug-likeness (QED) is 0.160. The molecule has 0 aliphatic rings. The van der Waals surface area contributed by atoms with Crippen LogP contribution in [0.25, 0.3) is 120 Å². The summed E-state index contributed by atoms with van der Waals surface area (Å²) in [6.45, 7) is 0. The van der Waals surface area contributed by atoms with Gasteiger partial charge in [-0.3, -0.25) is 0 Å². The molecule has 0 amide bonds. The fourth-order valence-corrected chi connectivity index (χ4v) is 9.55. The van der Waals surface area contributed by atoms with E-state index in [0.29, 0.717) is 0 Å². The van der Waals surface area contributed by atoms with Crippen LogP contribution in [0.15, 0.2) is 206 Å².